The molecule has 0 saturated carbocycles. The van der Waals surface area contributed by atoms with Crippen LogP contribution in [0, 0.1) is 5.82 Å². The SMILES string of the molecule is Cn1c(=O)oc2c(F)cc(S(=O)(=O)Cl)cc21. The maximum absolute atomic E-state index is 13.4. The van der Waals surface area contributed by atoms with E-state index in [1.807, 2.05) is 0 Å². The van der Waals surface area contributed by atoms with Crippen molar-refractivity contribution in [3.05, 3.63) is 28.5 Å². The van der Waals surface area contributed by atoms with Crippen LogP contribution in [0.4, 0.5) is 4.39 Å². The second-order valence-corrected chi connectivity index (χ2v) is 5.68. The van der Waals surface area contributed by atoms with Crippen molar-refractivity contribution in [2.24, 2.45) is 7.05 Å². The summed E-state index contributed by atoms with van der Waals surface area (Å²) in [5.41, 5.74) is -0.263. The first-order chi connectivity index (χ1) is 7.30. The highest BCUT2D eigenvalue weighted by Crippen LogP contribution is 2.23. The molecule has 5 nitrogen and oxygen atoms in total. The van der Waals surface area contributed by atoms with Gasteiger partial charge in [0.1, 0.15) is 0 Å². The summed E-state index contributed by atoms with van der Waals surface area (Å²) in [7, 11) is 2.36. The number of hydrogen-bond donors (Lipinski definition) is 0. The molecular formula is C8H5ClFNO4S. The van der Waals surface area contributed by atoms with Gasteiger partial charge in [-0.2, -0.15) is 0 Å². The highest BCUT2D eigenvalue weighted by atomic mass is 35.7. The van der Waals surface area contributed by atoms with E-state index in [9.17, 15) is 17.6 Å². The van der Waals surface area contributed by atoms with E-state index in [0.717, 1.165) is 10.6 Å². The Morgan fingerprint density at radius 2 is 2.06 bits per heavy atom. The molecule has 0 amide bonds. The first-order valence-electron chi connectivity index (χ1n) is 4.04. The molecule has 0 atom stereocenters. The van der Waals surface area contributed by atoms with Gasteiger partial charge in [-0.1, -0.05) is 0 Å². The fourth-order valence-electron chi connectivity index (χ4n) is 1.30. The van der Waals surface area contributed by atoms with Crippen LogP contribution in [-0.2, 0) is 16.1 Å². The summed E-state index contributed by atoms with van der Waals surface area (Å²) in [5.74, 6) is -1.73. The molecule has 1 aromatic heterocycles. The standard InChI is InChI=1S/C8H5ClFNO4S/c1-11-6-3-4(16(9,13)14)2-5(10)7(6)15-8(11)12/h2-3H,1H3. The third-order valence-electron chi connectivity index (χ3n) is 2.10. The summed E-state index contributed by atoms with van der Waals surface area (Å²) in [6.45, 7) is 0. The topological polar surface area (TPSA) is 69.3 Å². The van der Waals surface area contributed by atoms with Crippen molar-refractivity contribution in [3.63, 3.8) is 0 Å². The zero-order valence-corrected chi connectivity index (χ0v) is 9.47. The highest BCUT2D eigenvalue weighted by Gasteiger charge is 2.18. The Morgan fingerprint density at radius 3 is 2.62 bits per heavy atom. The monoisotopic (exact) mass is 265 g/mol. The minimum atomic E-state index is -4.05. The maximum Gasteiger partial charge on any atom is 0.419 e. The van der Waals surface area contributed by atoms with Gasteiger partial charge in [0, 0.05) is 17.7 Å². The van der Waals surface area contributed by atoms with Gasteiger partial charge in [0.05, 0.1) is 10.4 Å². The second-order valence-electron chi connectivity index (χ2n) is 3.12. The van der Waals surface area contributed by atoms with Gasteiger partial charge in [0.15, 0.2) is 11.4 Å². The molecular weight excluding hydrogens is 261 g/mol. The van der Waals surface area contributed by atoms with E-state index in [1.54, 1.807) is 0 Å². The molecule has 1 heterocycles. The zero-order valence-electron chi connectivity index (χ0n) is 7.90. The van der Waals surface area contributed by atoms with Crippen LogP contribution in [0.3, 0.4) is 0 Å². The lowest BCUT2D eigenvalue weighted by Gasteiger charge is -1.98. The van der Waals surface area contributed by atoms with Gasteiger partial charge in [-0.25, -0.2) is 17.6 Å². The Bertz CT molecular complexity index is 730. The van der Waals surface area contributed by atoms with E-state index in [1.165, 1.54) is 7.05 Å². The molecule has 0 bridgehead atoms. The molecule has 0 radical (unpaired) electrons. The lowest BCUT2D eigenvalue weighted by atomic mass is 10.3. The third kappa shape index (κ3) is 1.61. The van der Waals surface area contributed by atoms with Gasteiger partial charge < -0.3 is 4.42 Å². The summed E-state index contributed by atoms with van der Waals surface area (Å²) < 4.78 is 41.0. The fraction of sp³-hybridized carbons (Fsp3) is 0.125. The van der Waals surface area contributed by atoms with Crippen LogP contribution >= 0.6 is 10.7 Å². The Kier molecular flexibility index (Phi) is 2.32. The van der Waals surface area contributed by atoms with Crippen LogP contribution in [0.25, 0.3) is 11.1 Å². The predicted molar refractivity (Wildman–Crippen MR) is 54.5 cm³/mol. The van der Waals surface area contributed by atoms with E-state index in [0.29, 0.717) is 6.07 Å². The average Bonchev–Trinajstić information content (AvgIpc) is 2.44. The smallest absolute Gasteiger partial charge is 0.405 e. The molecule has 0 aliphatic heterocycles. The van der Waals surface area contributed by atoms with Crippen molar-refractivity contribution in [2.75, 3.05) is 0 Å². The molecule has 16 heavy (non-hydrogen) atoms. The molecule has 0 saturated heterocycles. The van der Waals surface area contributed by atoms with Gasteiger partial charge in [-0.15, -0.1) is 0 Å². The highest BCUT2D eigenvalue weighted by molar-refractivity contribution is 8.13. The van der Waals surface area contributed by atoms with Crippen LogP contribution in [0.15, 0.2) is 26.2 Å². The van der Waals surface area contributed by atoms with Crippen LogP contribution < -0.4 is 5.76 Å². The summed E-state index contributed by atoms with van der Waals surface area (Å²) in [5, 5.41) is 0. The largest absolute Gasteiger partial charge is 0.419 e. The Hall–Kier alpha value is -1.34. The minimum Gasteiger partial charge on any atom is -0.405 e. The van der Waals surface area contributed by atoms with Crippen molar-refractivity contribution in [2.45, 2.75) is 4.90 Å². The minimum absolute atomic E-state index is 0.0317. The number of nitrogens with zero attached hydrogens (tertiary/aromatic N) is 1. The molecule has 0 aliphatic carbocycles. The van der Waals surface area contributed by atoms with Crippen LogP contribution in [0.1, 0.15) is 0 Å². The van der Waals surface area contributed by atoms with E-state index in [-0.39, 0.29) is 11.1 Å². The van der Waals surface area contributed by atoms with Crippen molar-refractivity contribution in [1.82, 2.24) is 4.57 Å². The molecule has 0 fully saturated rings. The van der Waals surface area contributed by atoms with E-state index in [4.69, 9.17) is 10.7 Å². The van der Waals surface area contributed by atoms with Gasteiger partial charge in [0.25, 0.3) is 9.05 Å². The average molecular weight is 266 g/mol. The van der Waals surface area contributed by atoms with Crippen molar-refractivity contribution in [3.8, 4) is 0 Å². The molecule has 8 heteroatoms. The first-order valence-corrected chi connectivity index (χ1v) is 6.35. The Balaban J connectivity index is 2.97. The molecule has 0 spiro atoms. The number of benzene rings is 1. The predicted octanol–water partition coefficient (Wildman–Crippen LogP) is 1.20. The third-order valence-corrected chi connectivity index (χ3v) is 3.44. The number of oxazole rings is 1. The number of fused-ring (bicyclic) bond motifs is 1. The molecule has 86 valence electrons. The Labute approximate surface area is 93.5 Å². The molecule has 2 rings (SSSR count). The van der Waals surface area contributed by atoms with E-state index in [2.05, 4.69) is 4.42 Å². The van der Waals surface area contributed by atoms with Gasteiger partial charge in [-0.05, 0) is 12.1 Å². The lowest BCUT2D eigenvalue weighted by Crippen LogP contribution is -2.08. The van der Waals surface area contributed by atoms with Gasteiger partial charge in [0.2, 0.25) is 0 Å². The maximum atomic E-state index is 13.4. The summed E-state index contributed by atoms with van der Waals surface area (Å²) >= 11 is 0. The molecule has 0 aliphatic rings. The summed E-state index contributed by atoms with van der Waals surface area (Å²) in [4.78, 5) is 10.7. The van der Waals surface area contributed by atoms with E-state index >= 15 is 0 Å². The van der Waals surface area contributed by atoms with E-state index < -0.39 is 25.5 Å². The summed E-state index contributed by atoms with van der Waals surface area (Å²) in [6, 6.07) is 1.78. The van der Waals surface area contributed by atoms with Crippen molar-refractivity contribution < 1.29 is 17.2 Å². The molecule has 0 N–H and O–H groups in total. The second kappa shape index (κ2) is 3.33. The molecule has 2 aromatic rings. The number of halogens is 2. The van der Waals surface area contributed by atoms with Crippen molar-refractivity contribution in [1.29, 1.82) is 0 Å². The quantitative estimate of drug-likeness (QED) is 0.727. The van der Waals surface area contributed by atoms with Crippen molar-refractivity contribution >= 4 is 30.8 Å². The number of aryl methyl sites for hydroxylation is 1. The number of rotatable bonds is 1. The lowest BCUT2D eigenvalue weighted by molar-refractivity contribution is 0.505. The van der Waals surface area contributed by atoms with Crippen LogP contribution in [0.2, 0.25) is 0 Å². The fourth-order valence-corrected chi connectivity index (χ4v) is 2.06. The van der Waals surface area contributed by atoms with Gasteiger partial charge >= 0.3 is 5.76 Å². The molecule has 0 unspecified atom stereocenters. The summed E-state index contributed by atoms with van der Waals surface area (Å²) in [6.07, 6.45) is 0. The van der Waals surface area contributed by atoms with Crippen LogP contribution in [0.5, 0.6) is 0 Å². The zero-order chi connectivity index (χ0) is 12.1. The number of aromatic nitrogens is 1. The molecule has 1 aromatic carbocycles. The number of hydrogen-bond acceptors (Lipinski definition) is 4. The Morgan fingerprint density at radius 1 is 1.44 bits per heavy atom. The normalized spacial score (nSPS) is 12.2. The van der Waals surface area contributed by atoms with Gasteiger partial charge in [-0.3, -0.25) is 4.57 Å². The first kappa shape index (κ1) is 11.2. The van der Waals surface area contributed by atoms with Crippen LogP contribution in [-0.4, -0.2) is 13.0 Å².